The molecule has 0 radical (unpaired) electrons. The Hall–Kier alpha value is -0.340. The molecular weight excluding hydrogens is 368 g/mol. The van der Waals surface area contributed by atoms with Crippen LogP contribution in [0.1, 0.15) is 12.8 Å². The van der Waals surface area contributed by atoms with Gasteiger partial charge in [0, 0.05) is 30.5 Å². The van der Waals surface area contributed by atoms with Crippen LogP contribution in [-0.2, 0) is 14.8 Å². The first-order chi connectivity index (χ1) is 9.40. The number of nitrogens with two attached hydrogens (primary N) is 1. The molecule has 0 bridgehead atoms. The van der Waals surface area contributed by atoms with Gasteiger partial charge in [-0.15, -0.1) is 0 Å². The highest BCUT2D eigenvalue weighted by Crippen LogP contribution is 2.31. The second kappa shape index (κ2) is 6.62. The lowest BCUT2D eigenvalue weighted by atomic mass is 10.1. The predicted molar refractivity (Wildman–Crippen MR) is 82.3 cm³/mol. The molecule has 1 aliphatic heterocycles. The quantitative estimate of drug-likeness (QED) is 0.765. The zero-order valence-corrected chi connectivity index (χ0v) is 13.9. The molecule has 8 heteroatoms. The highest BCUT2D eigenvalue weighted by Gasteiger charge is 2.21. The molecule has 0 spiro atoms. The lowest BCUT2D eigenvalue weighted by molar-refractivity contribution is 0.184. The molecule has 0 aromatic heterocycles. The molecule has 1 atom stereocenters. The summed E-state index contributed by atoms with van der Waals surface area (Å²) in [6, 6.07) is 2.88. The molecule has 5 nitrogen and oxygen atoms in total. The Morgan fingerprint density at radius 1 is 1.50 bits per heavy atom. The minimum Gasteiger partial charge on any atom is -0.398 e. The third kappa shape index (κ3) is 3.85. The lowest BCUT2D eigenvalue weighted by Gasteiger charge is -2.12. The first kappa shape index (κ1) is 16.0. The van der Waals surface area contributed by atoms with E-state index in [2.05, 4.69) is 20.7 Å². The van der Waals surface area contributed by atoms with Gasteiger partial charge in [0.25, 0.3) is 0 Å². The van der Waals surface area contributed by atoms with Gasteiger partial charge in [-0.3, -0.25) is 0 Å². The fraction of sp³-hybridized carbons (Fsp3) is 0.500. The van der Waals surface area contributed by atoms with Crippen LogP contribution < -0.4 is 10.5 Å². The summed E-state index contributed by atoms with van der Waals surface area (Å²) in [6.07, 6.45) is 1.74. The van der Waals surface area contributed by atoms with Crippen molar-refractivity contribution >= 4 is 43.2 Å². The number of anilines is 1. The van der Waals surface area contributed by atoms with Gasteiger partial charge in [-0.1, -0.05) is 11.6 Å². The molecule has 1 aliphatic rings. The molecule has 1 aromatic rings. The summed E-state index contributed by atoms with van der Waals surface area (Å²) >= 11 is 9.04. The van der Waals surface area contributed by atoms with Gasteiger partial charge in [0.2, 0.25) is 10.0 Å². The van der Waals surface area contributed by atoms with E-state index >= 15 is 0 Å². The molecule has 112 valence electrons. The van der Waals surface area contributed by atoms with Gasteiger partial charge < -0.3 is 10.5 Å². The minimum atomic E-state index is -3.63. The third-order valence-corrected chi connectivity index (χ3v) is 6.04. The Morgan fingerprint density at radius 2 is 2.25 bits per heavy atom. The summed E-state index contributed by atoms with van der Waals surface area (Å²) < 4.78 is 32.6. The van der Waals surface area contributed by atoms with Gasteiger partial charge in [-0.2, -0.15) is 0 Å². The van der Waals surface area contributed by atoms with E-state index in [0.29, 0.717) is 29.2 Å². The van der Waals surface area contributed by atoms with E-state index in [9.17, 15) is 8.42 Å². The predicted octanol–water partition coefficient (Wildman–Crippen LogP) is 2.39. The van der Waals surface area contributed by atoms with Crippen LogP contribution in [-0.4, -0.2) is 28.2 Å². The third-order valence-electron chi connectivity index (χ3n) is 3.19. The van der Waals surface area contributed by atoms with Crippen LogP contribution in [0.3, 0.4) is 0 Å². The molecule has 20 heavy (non-hydrogen) atoms. The zero-order valence-electron chi connectivity index (χ0n) is 10.7. The first-order valence-corrected chi connectivity index (χ1v) is 8.87. The molecule has 0 aliphatic carbocycles. The van der Waals surface area contributed by atoms with E-state index < -0.39 is 10.0 Å². The van der Waals surface area contributed by atoms with Crippen molar-refractivity contribution in [1.29, 1.82) is 0 Å². The van der Waals surface area contributed by atoms with E-state index in [4.69, 9.17) is 22.1 Å². The Balaban J connectivity index is 2.06. The van der Waals surface area contributed by atoms with Crippen molar-refractivity contribution < 1.29 is 13.2 Å². The standard InChI is InChI=1S/C12H16BrClN2O3S/c13-12-10(15)5-9(14)6-11(12)20(17,18)16-3-1-8-2-4-19-7-8/h5-6,8,16H,1-4,7,15H2. The molecule has 1 saturated heterocycles. The summed E-state index contributed by atoms with van der Waals surface area (Å²) in [4.78, 5) is 0.0603. The molecule has 1 fully saturated rings. The Labute approximate surface area is 132 Å². The van der Waals surface area contributed by atoms with Crippen LogP contribution in [0.15, 0.2) is 21.5 Å². The molecule has 3 N–H and O–H groups in total. The second-order valence-electron chi connectivity index (χ2n) is 4.72. The van der Waals surface area contributed by atoms with Crippen LogP contribution in [0, 0.1) is 5.92 Å². The van der Waals surface area contributed by atoms with E-state index in [0.717, 1.165) is 19.4 Å². The molecule has 0 amide bonds. The summed E-state index contributed by atoms with van der Waals surface area (Å²) in [5.74, 6) is 0.422. The highest BCUT2D eigenvalue weighted by molar-refractivity contribution is 9.10. The van der Waals surface area contributed by atoms with Crippen molar-refractivity contribution in [3.05, 3.63) is 21.6 Å². The molecular formula is C12H16BrClN2O3S. The number of sulfonamides is 1. The average molecular weight is 384 g/mol. The number of ether oxygens (including phenoxy) is 1. The van der Waals surface area contributed by atoms with Crippen molar-refractivity contribution in [2.24, 2.45) is 5.92 Å². The van der Waals surface area contributed by atoms with E-state index in [1.54, 1.807) is 0 Å². The van der Waals surface area contributed by atoms with Crippen LogP contribution in [0.5, 0.6) is 0 Å². The monoisotopic (exact) mass is 382 g/mol. The van der Waals surface area contributed by atoms with Gasteiger partial charge in [0.15, 0.2) is 0 Å². The number of hydrogen-bond donors (Lipinski definition) is 2. The van der Waals surface area contributed by atoms with Crippen LogP contribution in [0.25, 0.3) is 0 Å². The van der Waals surface area contributed by atoms with Crippen LogP contribution in [0.2, 0.25) is 5.02 Å². The zero-order chi connectivity index (χ0) is 14.8. The summed E-state index contributed by atoms with van der Waals surface area (Å²) in [5.41, 5.74) is 6.00. The Kier molecular flexibility index (Phi) is 5.30. The lowest BCUT2D eigenvalue weighted by Crippen LogP contribution is -2.26. The molecule has 1 heterocycles. The number of hydrogen-bond acceptors (Lipinski definition) is 4. The smallest absolute Gasteiger partial charge is 0.241 e. The highest BCUT2D eigenvalue weighted by atomic mass is 79.9. The summed E-state index contributed by atoms with van der Waals surface area (Å²) in [5, 5.41) is 0.287. The van der Waals surface area contributed by atoms with Gasteiger partial charge in [0.1, 0.15) is 0 Å². The maximum Gasteiger partial charge on any atom is 0.241 e. The van der Waals surface area contributed by atoms with Crippen molar-refractivity contribution in [1.82, 2.24) is 4.72 Å². The number of nitrogen functional groups attached to an aromatic ring is 1. The van der Waals surface area contributed by atoms with Gasteiger partial charge in [-0.25, -0.2) is 13.1 Å². The summed E-state index contributed by atoms with van der Waals surface area (Å²) in [7, 11) is -3.63. The maximum absolute atomic E-state index is 12.2. The number of rotatable bonds is 5. The fourth-order valence-electron chi connectivity index (χ4n) is 2.07. The van der Waals surface area contributed by atoms with Gasteiger partial charge >= 0.3 is 0 Å². The second-order valence-corrected chi connectivity index (χ2v) is 7.69. The molecule has 1 unspecified atom stereocenters. The normalized spacial score (nSPS) is 19.4. The van der Waals surface area contributed by atoms with Crippen molar-refractivity contribution in [3.63, 3.8) is 0 Å². The van der Waals surface area contributed by atoms with E-state index in [1.165, 1.54) is 12.1 Å². The largest absolute Gasteiger partial charge is 0.398 e. The summed E-state index contributed by atoms with van der Waals surface area (Å²) in [6.45, 7) is 1.83. The first-order valence-electron chi connectivity index (χ1n) is 6.22. The number of benzene rings is 1. The van der Waals surface area contributed by atoms with Crippen molar-refractivity contribution in [3.8, 4) is 0 Å². The molecule has 0 saturated carbocycles. The van der Waals surface area contributed by atoms with Crippen molar-refractivity contribution in [2.75, 3.05) is 25.5 Å². The van der Waals surface area contributed by atoms with E-state index in [-0.39, 0.29) is 9.92 Å². The Bertz CT molecular complexity index is 589. The van der Waals surface area contributed by atoms with E-state index in [1.807, 2.05) is 0 Å². The maximum atomic E-state index is 12.2. The SMILES string of the molecule is Nc1cc(Cl)cc(S(=O)(=O)NCCC2CCOC2)c1Br. The van der Waals surface area contributed by atoms with Crippen LogP contribution in [0.4, 0.5) is 5.69 Å². The number of halogens is 2. The van der Waals surface area contributed by atoms with Crippen LogP contribution >= 0.6 is 27.5 Å². The molecule has 1 aromatic carbocycles. The van der Waals surface area contributed by atoms with Gasteiger partial charge in [-0.05, 0) is 46.8 Å². The van der Waals surface area contributed by atoms with Crippen molar-refractivity contribution in [2.45, 2.75) is 17.7 Å². The fourth-order valence-corrected chi connectivity index (χ4v) is 4.40. The number of nitrogens with one attached hydrogen (secondary N) is 1. The average Bonchev–Trinajstić information content (AvgIpc) is 2.86. The minimum absolute atomic E-state index is 0.0603. The Morgan fingerprint density at radius 3 is 2.90 bits per heavy atom. The molecule has 2 rings (SSSR count). The van der Waals surface area contributed by atoms with Gasteiger partial charge in [0.05, 0.1) is 9.37 Å². The topological polar surface area (TPSA) is 81.4 Å².